The summed E-state index contributed by atoms with van der Waals surface area (Å²) in [6.45, 7) is 0. The van der Waals surface area contributed by atoms with Gasteiger partial charge in [0, 0.05) is 22.1 Å². The fraction of sp³-hybridized carbons (Fsp3) is 0.0435. The SMILES string of the molecule is O=C(Nc1cccc(Br)c1)c1nc(-c2ccccc2)oc1Cc1ccc(OP(=O)(O)O)cc1. The highest BCUT2D eigenvalue weighted by Crippen LogP contribution is 2.37. The van der Waals surface area contributed by atoms with E-state index in [1.54, 1.807) is 30.3 Å². The lowest BCUT2D eigenvalue weighted by Crippen LogP contribution is -2.14. The summed E-state index contributed by atoms with van der Waals surface area (Å²) in [6.07, 6.45) is 0.233. The Kier molecular flexibility index (Phi) is 6.76. The molecule has 0 unspecified atom stereocenters. The Morgan fingerprint density at radius 2 is 1.76 bits per heavy atom. The molecule has 0 aliphatic carbocycles. The van der Waals surface area contributed by atoms with Crippen LogP contribution in [-0.2, 0) is 11.0 Å². The Labute approximate surface area is 197 Å². The molecule has 0 spiro atoms. The molecule has 0 atom stereocenters. The van der Waals surface area contributed by atoms with E-state index in [0.29, 0.717) is 17.3 Å². The Morgan fingerprint density at radius 3 is 2.42 bits per heavy atom. The average molecular weight is 529 g/mol. The molecule has 0 aliphatic heterocycles. The largest absolute Gasteiger partial charge is 0.524 e. The van der Waals surface area contributed by atoms with E-state index in [4.69, 9.17) is 14.2 Å². The molecule has 4 aromatic rings. The standard InChI is InChI=1S/C23H18BrN2O6P/c24-17-7-4-8-18(14-17)25-22(27)21-20(31-23(26-21)16-5-2-1-3-6-16)13-15-9-11-19(12-10-15)32-33(28,29)30/h1-12,14H,13H2,(H,25,27)(H2,28,29,30). The molecule has 168 valence electrons. The Hall–Kier alpha value is -3.23. The lowest BCUT2D eigenvalue weighted by molar-refractivity contribution is 0.102. The number of halogens is 1. The molecule has 3 aromatic carbocycles. The van der Waals surface area contributed by atoms with Gasteiger partial charge in [-0.2, -0.15) is 0 Å². The van der Waals surface area contributed by atoms with Crippen LogP contribution in [0.1, 0.15) is 21.8 Å². The number of benzene rings is 3. The average Bonchev–Trinajstić information content (AvgIpc) is 3.19. The molecule has 1 aromatic heterocycles. The summed E-state index contributed by atoms with van der Waals surface area (Å²) >= 11 is 3.38. The molecule has 0 saturated carbocycles. The molecule has 1 amide bonds. The number of aromatic nitrogens is 1. The van der Waals surface area contributed by atoms with Gasteiger partial charge in [-0.05, 0) is 48.0 Å². The maximum atomic E-state index is 13.0. The van der Waals surface area contributed by atoms with E-state index in [-0.39, 0.29) is 17.9 Å². The van der Waals surface area contributed by atoms with Crippen LogP contribution in [0, 0.1) is 0 Å². The lowest BCUT2D eigenvalue weighted by atomic mass is 10.1. The van der Waals surface area contributed by atoms with Gasteiger partial charge in [0.15, 0.2) is 5.69 Å². The molecular formula is C23H18BrN2O6P. The Balaban J connectivity index is 1.63. The van der Waals surface area contributed by atoms with E-state index in [1.165, 1.54) is 12.1 Å². The van der Waals surface area contributed by atoms with Gasteiger partial charge in [0.25, 0.3) is 5.91 Å². The highest BCUT2D eigenvalue weighted by Gasteiger charge is 2.22. The van der Waals surface area contributed by atoms with Crippen LogP contribution in [0.5, 0.6) is 5.75 Å². The maximum absolute atomic E-state index is 13.0. The zero-order valence-electron chi connectivity index (χ0n) is 17.0. The molecule has 33 heavy (non-hydrogen) atoms. The van der Waals surface area contributed by atoms with E-state index in [9.17, 15) is 9.36 Å². The number of oxazole rings is 1. The Bertz CT molecular complexity index is 1320. The molecule has 1 heterocycles. The van der Waals surface area contributed by atoms with E-state index >= 15 is 0 Å². The van der Waals surface area contributed by atoms with Gasteiger partial charge in [0.2, 0.25) is 5.89 Å². The van der Waals surface area contributed by atoms with Crippen LogP contribution in [0.25, 0.3) is 11.5 Å². The molecule has 3 N–H and O–H groups in total. The van der Waals surface area contributed by atoms with Crippen molar-refractivity contribution in [2.24, 2.45) is 0 Å². The first-order valence-electron chi connectivity index (χ1n) is 9.73. The van der Waals surface area contributed by atoms with Crippen molar-refractivity contribution in [1.82, 2.24) is 4.98 Å². The highest BCUT2D eigenvalue weighted by atomic mass is 79.9. The third-order valence-corrected chi connectivity index (χ3v) is 5.47. The first-order valence-corrected chi connectivity index (χ1v) is 12.1. The van der Waals surface area contributed by atoms with Crippen LogP contribution in [-0.4, -0.2) is 20.7 Å². The highest BCUT2D eigenvalue weighted by molar-refractivity contribution is 9.10. The van der Waals surface area contributed by atoms with Gasteiger partial charge in [-0.15, -0.1) is 0 Å². The molecule has 0 aliphatic rings. The number of rotatable bonds is 7. The van der Waals surface area contributed by atoms with Crippen LogP contribution in [0.3, 0.4) is 0 Å². The van der Waals surface area contributed by atoms with Gasteiger partial charge in [0.05, 0.1) is 0 Å². The Morgan fingerprint density at radius 1 is 1.03 bits per heavy atom. The van der Waals surface area contributed by atoms with Gasteiger partial charge < -0.3 is 14.3 Å². The van der Waals surface area contributed by atoms with Gasteiger partial charge in [-0.25, -0.2) is 9.55 Å². The van der Waals surface area contributed by atoms with E-state index in [0.717, 1.165) is 15.6 Å². The number of phosphoric ester groups is 1. The maximum Gasteiger partial charge on any atom is 0.524 e. The fourth-order valence-corrected chi connectivity index (χ4v) is 3.90. The van der Waals surface area contributed by atoms with Crippen molar-refractivity contribution in [2.75, 3.05) is 5.32 Å². The summed E-state index contributed by atoms with van der Waals surface area (Å²) < 4.78 is 22.4. The summed E-state index contributed by atoms with van der Waals surface area (Å²) in [5, 5.41) is 2.83. The van der Waals surface area contributed by atoms with E-state index in [1.807, 2.05) is 36.4 Å². The minimum Gasteiger partial charge on any atom is -0.440 e. The summed E-state index contributed by atoms with van der Waals surface area (Å²) in [6, 6.07) is 22.6. The second-order valence-corrected chi connectivity index (χ2v) is 9.10. The predicted molar refractivity (Wildman–Crippen MR) is 126 cm³/mol. The molecule has 10 heteroatoms. The summed E-state index contributed by atoms with van der Waals surface area (Å²) in [5.41, 5.74) is 2.21. The van der Waals surface area contributed by atoms with Crippen LogP contribution >= 0.6 is 23.8 Å². The number of amides is 1. The number of carbonyl (C=O) groups excluding carboxylic acids is 1. The van der Waals surface area contributed by atoms with Crippen LogP contribution < -0.4 is 9.84 Å². The van der Waals surface area contributed by atoms with Gasteiger partial charge >= 0.3 is 7.82 Å². The summed E-state index contributed by atoms with van der Waals surface area (Å²) in [5.74, 6) is 0.272. The monoisotopic (exact) mass is 528 g/mol. The first kappa shape index (κ1) is 22.9. The van der Waals surface area contributed by atoms with Crippen molar-refractivity contribution in [1.29, 1.82) is 0 Å². The molecule has 0 fully saturated rings. The minimum atomic E-state index is -4.64. The van der Waals surface area contributed by atoms with Crippen molar-refractivity contribution in [3.8, 4) is 17.2 Å². The second kappa shape index (κ2) is 9.72. The van der Waals surface area contributed by atoms with Crippen LogP contribution in [0.15, 0.2) is 87.8 Å². The zero-order valence-corrected chi connectivity index (χ0v) is 19.5. The number of hydrogen-bond donors (Lipinski definition) is 3. The van der Waals surface area contributed by atoms with Crippen molar-refractivity contribution in [2.45, 2.75) is 6.42 Å². The fourth-order valence-electron chi connectivity index (χ4n) is 3.10. The van der Waals surface area contributed by atoms with Gasteiger partial charge in [0.1, 0.15) is 11.5 Å². The molecular weight excluding hydrogens is 511 g/mol. The number of hydrogen-bond acceptors (Lipinski definition) is 5. The zero-order chi connectivity index (χ0) is 23.4. The normalized spacial score (nSPS) is 11.2. The smallest absolute Gasteiger partial charge is 0.440 e. The molecule has 0 radical (unpaired) electrons. The van der Waals surface area contributed by atoms with Crippen LogP contribution in [0.4, 0.5) is 5.69 Å². The summed E-state index contributed by atoms with van der Waals surface area (Å²) in [7, 11) is -4.64. The second-order valence-electron chi connectivity index (χ2n) is 7.02. The van der Waals surface area contributed by atoms with Crippen molar-refractivity contribution >= 4 is 35.3 Å². The topological polar surface area (TPSA) is 122 Å². The lowest BCUT2D eigenvalue weighted by Gasteiger charge is -2.07. The molecule has 0 saturated heterocycles. The quantitative estimate of drug-likeness (QED) is 0.274. The number of phosphoric acid groups is 1. The van der Waals surface area contributed by atoms with E-state index < -0.39 is 13.7 Å². The van der Waals surface area contributed by atoms with Gasteiger partial charge in [-0.3, -0.25) is 14.6 Å². The van der Waals surface area contributed by atoms with Crippen molar-refractivity contribution in [3.05, 3.63) is 100 Å². The predicted octanol–water partition coefficient (Wildman–Crippen LogP) is 5.42. The number of nitrogens with one attached hydrogen (secondary N) is 1. The minimum absolute atomic E-state index is 0.0299. The first-order chi connectivity index (χ1) is 15.8. The molecule has 0 bridgehead atoms. The van der Waals surface area contributed by atoms with Crippen molar-refractivity contribution < 1.29 is 28.1 Å². The third kappa shape index (κ3) is 6.18. The van der Waals surface area contributed by atoms with Crippen LogP contribution in [0.2, 0.25) is 0 Å². The molecule has 4 rings (SSSR count). The number of anilines is 1. The molecule has 8 nitrogen and oxygen atoms in total. The van der Waals surface area contributed by atoms with E-state index in [2.05, 4.69) is 30.8 Å². The summed E-state index contributed by atoms with van der Waals surface area (Å²) in [4.78, 5) is 35.4. The third-order valence-electron chi connectivity index (χ3n) is 4.53. The number of nitrogens with zero attached hydrogens (tertiary/aromatic N) is 1. The number of carbonyl (C=O) groups is 1. The van der Waals surface area contributed by atoms with Crippen molar-refractivity contribution in [3.63, 3.8) is 0 Å². The van der Waals surface area contributed by atoms with Gasteiger partial charge in [-0.1, -0.05) is 52.3 Å².